The van der Waals surface area contributed by atoms with Gasteiger partial charge in [0.2, 0.25) is 5.43 Å². The minimum Gasteiger partial charge on any atom is -0.465 e. The monoisotopic (exact) mass is 412 g/mol. The average Bonchev–Trinajstić information content (AvgIpc) is 3.44. The number of nitrogens with zero attached hydrogens (tertiary/aromatic N) is 2. The Hall–Kier alpha value is -3.53. The molecule has 10 heteroatoms. The fourth-order valence-electron chi connectivity index (χ4n) is 3.58. The smallest absolute Gasteiger partial charge is 0.410 e. The number of halogens is 1. The van der Waals surface area contributed by atoms with Gasteiger partial charge in [-0.2, -0.15) is 0 Å². The van der Waals surface area contributed by atoms with E-state index >= 15 is 4.39 Å². The number of rotatable bonds is 3. The largest absolute Gasteiger partial charge is 0.465 e. The van der Waals surface area contributed by atoms with Gasteiger partial charge < -0.3 is 9.67 Å². The van der Waals surface area contributed by atoms with Gasteiger partial charge >= 0.3 is 6.09 Å². The molecule has 0 saturated heterocycles. The van der Waals surface area contributed by atoms with Gasteiger partial charge in [0.1, 0.15) is 21.9 Å². The Morgan fingerprint density at radius 3 is 2.83 bits per heavy atom. The predicted molar refractivity (Wildman–Crippen MR) is 107 cm³/mol. The van der Waals surface area contributed by atoms with E-state index in [9.17, 15) is 14.4 Å². The first kappa shape index (κ1) is 17.6. The number of hydrogen-bond acceptors (Lipinski definition) is 5. The number of pyridine rings is 2. The van der Waals surface area contributed by atoms with Gasteiger partial charge in [0.25, 0.3) is 5.56 Å². The summed E-state index contributed by atoms with van der Waals surface area (Å²) in [5.41, 5.74) is -0.121. The van der Waals surface area contributed by atoms with Crippen molar-refractivity contribution >= 4 is 44.6 Å². The predicted octanol–water partition coefficient (Wildman–Crippen LogP) is 3.53. The maximum Gasteiger partial charge on any atom is 0.410 e. The third kappa shape index (κ3) is 2.71. The molecule has 0 atom stereocenters. The highest BCUT2D eigenvalue weighted by Crippen LogP contribution is 2.41. The second-order valence-corrected chi connectivity index (χ2v) is 7.62. The van der Waals surface area contributed by atoms with Crippen LogP contribution in [-0.2, 0) is 0 Å². The maximum atomic E-state index is 15.0. The number of fused-ring (bicyclic) bond motifs is 2. The summed E-state index contributed by atoms with van der Waals surface area (Å²) < 4.78 is 19.5. The van der Waals surface area contributed by atoms with Crippen molar-refractivity contribution in [3.63, 3.8) is 0 Å². The molecule has 8 nitrogen and oxygen atoms in total. The lowest BCUT2D eigenvalue weighted by molar-refractivity contribution is 0.209. The fraction of sp³-hybridized carbons (Fsp3) is 0.158. The second kappa shape index (κ2) is 6.24. The number of anilines is 1. The molecule has 0 spiro atoms. The van der Waals surface area contributed by atoms with Crippen molar-refractivity contribution in [2.24, 2.45) is 0 Å². The molecule has 1 aromatic carbocycles. The fourth-order valence-corrected chi connectivity index (χ4v) is 4.50. The Morgan fingerprint density at radius 2 is 2.10 bits per heavy atom. The molecule has 1 amide bonds. The molecule has 3 heterocycles. The number of aromatic nitrogens is 3. The Morgan fingerprint density at radius 1 is 1.31 bits per heavy atom. The Balaban J connectivity index is 1.87. The highest BCUT2D eigenvalue weighted by Gasteiger charge is 2.29. The van der Waals surface area contributed by atoms with E-state index in [1.165, 1.54) is 12.3 Å². The molecule has 0 unspecified atom stereocenters. The molecule has 1 aliphatic carbocycles. The van der Waals surface area contributed by atoms with E-state index in [1.807, 2.05) is 4.57 Å². The summed E-state index contributed by atoms with van der Waals surface area (Å²) in [6.07, 6.45) is 1.86. The number of aromatic amines is 1. The van der Waals surface area contributed by atoms with Gasteiger partial charge in [-0.1, -0.05) is 0 Å². The van der Waals surface area contributed by atoms with Crippen molar-refractivity contribution < 1.29 is 14.3 Å². The third-order valence-electron chi connectivity index (χ3n) is 4.95. The van der Waals surface area contributed by atoms with Crippen LogP contribution >= 0.6 is 11.5 Å². The molecule has 1 saturated carbocycles. The van der Waals surface area contributed by atoms with E-state index in [0.717, 1.165) is 30.4 Å². The topological polar surface area (TPSA) is 117 Å². The van der Waals surface area contributed by atoms with Crippen LogP contribution in [0.1, 0.15) is 18.9 Å². The highest BCUT2D eigenvalue weighted by molar-refractivity contribution is 7.12. The number of carboxylic acid groups (broad SMARTS) is 1. The lowest BCUT2D eigenvalue weighted by Gasteiger charge is -2.14. The van der Waals surface area contributed by atoms with Crippen molar-refractivity contribution in [1.82, 2.24) is 13.9 Å². The van der Waals surface area contributed by atoms with Crippen LogP contribution in [0.2, 0.25) is 0 Å². The highest BCUT2D eigenvalue weighted by atomic mass is 32.1. The normalized spacial score (nSPS) is 13.8. The van der Waals surface area contributed by atoms with Crippen molar-refractivity contribution in [2.45, 2.75) is 18.9 Å². The summed E-state index contributed by atoms with van der Waals surface area (Å²) in [6, 6.07) is 5.88. The molecule has 4 aromatic rings. The van der Waals surface area contributed by atoms with Gasteiger partial charge in [-0.25, -0.2) is 14.2 Å². The molecule has 3 aromatic heterocycles. The summed E-state index contributed by atoms with van der Waals surface area (Å²) in [5, 5.41) is 11.4. The third-order valence-corrected chi connectivity index (χ3v) is 5.83. The van der Waals surface area contributed by atoms with Crippen LogP contribution in [0.5, 0.6) is 0 Å². The Labute approximate surface area is 165 Å². The molecule has 0 radical (unpaired) electrons. The molecule has 146 valence electrons. The average molecular weight is 412 g/mol. The van der Waals surface area contributed by atoms with Crippen LogP contribution < -0.4 is 16.3 Å². The summed E-state index contributed by atoms with van der Waals surface area (Å²) in [5.74, 6) is -0.713. The minimum absolute atomic E-state index is 0.00838. The molecule has 3 N–H and O–H groups in total. The van der Waals surface area contributed by atoms with Gasteiger partial charge in [0.05, 0.1) is 5.52 Å². The second-order valence-electron chi connectivity index (χ2n) is 6.82. The first-order chi connectivity index (χ1) is 14.0. The summed E-state index contributed by atoms with van der Waals surface area (Å²) in [4.78, 5) is 40.6. The van der Waals surface area contributed by atoms with E-state index < -0.39 is 22.9 Å². The zero-order valence-corrected chi connectivity index (χ0v) is 15.5. The first-order valence-corrected chi connectivity index (χ1v) is 9.61. The van der Waals surface area contributed by atoms with E-state index in [1.54, 1.807) is 12.1 Å². The van der Waals surface area contributed by atoms with Crippen LogP contribution in [0, 0.1) is 5.82 Å². The number of amides is 1. The van der Waals surface area contributed by atoms with Crippen LogP contribution in [0.25, 0.3) is 32.2 Å². The van der Waals surface area contributed by atoms with E-state index in [-0.39, 0.29) is 33.8 Å². The molecule has 5 rings (SSSR count). The number of carbonyl (C=O) groups is 1. The lowest BCUT2D eigenvalue weighted by Crippen LogP contribution is -2.15. The molecule has 0 aliphatic heterocycles. The van der Waals surface area contributed by atoms with Crippen LogP contribution in [-0.4, -0.2) is 25.1 Å². The van der Waals surface area contributed by atoms with Crippen molar-refractivity contribution in [3.8, 4) is 11.1 Å². The number of nitrogens with one attached hydrogen (secondary N) is 2. The summed E-state index contributed by atoms with van der Waals surface area (Å²) in [7, 11) is 0. The standard InChI is InChI=1S/C19H13FN4O4S/c20-12-6-11-13(7-10(12)9-2-1-5-21-16(9)22-19(27)28)24(8-3-4-8)18-14(15(11)25)17(26)23-29-18/h1-2,5-8H,3-4H2,(H,21,22)(H,23,26)(H,27,28). The maximum absolute atomic E-state index is 15.0. The van der Waals surface area contributed by atoms with E-state index in [4.69, 9.17) is 5.11 Å². The van der Waals surface area contributed by atoms with Crippen LogP contribution in [0.15, 0.2) is 40.1 Å². The zero-order chi connectivity index (χ0) is 20.3. The number of hydrogen-bond donors (Lipinski definition) is 3. The molecular formula is C19H13FN4O4S. The van der Waals surface area contributed by atoms with Gasteiger partial charge in [0, 0.05) is 28.8 Å². The quantitative estimate of drug-likeness (QED) is 0.476. The SMILES string of the molecule is O=C(O)Nc1ncccc1-c1cc2c(cc1F)c(=O)c1c(=O)[nH]sc1n2C1CC1. The van der Waals surface area contributed by atoms with Crippen molar-refractivity contribution in [2.75, 3.05) is 5.32 Å². The number of H-pyrrole nitrogens is 1. The number of benzene rings is 1. The Kier molecular flexibility index (Phi) is 3.78. The summed E-state index contributed by atoms with van der Waals surface area (Å²) >= 11 is 1.08. The molecule has 29 heavy (non-hydrogen) atoms. The van der Waals surface area contributed by atoms with Gasteiger partial charge in [-0.3, -0.25) is 19.3 Å². The van der Waals surface area contributed by atoms with E-state index in [0.29, 0.717) is 10.3 Å². The first-order valence-electron chi connectivity index (χ1n) is 8.80. The minimum atomic E-state index is -1.32. The van der Waals surface area contributed by atoms with Crippen molar-refractivity contribution in [3.05, 3.63) is 56.9 Å². The van der Waals surface area contributed by atoms with E-state index in [2.05, 4.69) is 14.7 Å². The van der Waals surface area contributed by atoms with Gasteiger partial charge in [0.15, 0.2) is 0 Å². The van der Waals surface area contributed by atoms with Crippen LogP contribution in [0.3, 0.4) is 0 Å². The van der Waals surface area contributed by atoms with Crippen LogP contribution in [0.4, 0.5) is 15.0 Å². The molecular weight excluding hydrogens is 399 g/mol. The molecule has 1 aliphatic rings. The van der Waals surface area contributed by atoms with Crippen molar-refractivity contribution in [1.29, 1.82) is 0 Å². The Bertz CT molecular complexity index is 1430. The summed E-state index contributed by atoms with van der Waals surface area (Å²) in [6.45, 7) is 0. The van der Waals surface area contributed by atoms with Gasteiger partial charge in [-0.15, -0.1) is 0 Å². The molecule has 1 fully saturated rings. The van der Waals surface area contributed by atoms with Gasteiger partial charge in [-0.05, 0) is 48.6 Å². The zero-order valence-electron chi connectivity index (χ0n) is 14.7. The molecule has 0 bridgehead atoms. The lowest BCUT2D eigenvalue weighted by atomic mass is 10.0.